The fraction of sp³-hybridized carbons (Fsp3) is 0.889. The van der Waals surface area contributed by atoms with Gasteiger partial charge in [0.15, 0.2) is 0 Å². The highest BCUT2D eigenvalue weighted by molar-refractivity contribution is 6.20. The summed E-state index contributed by atoms with van der Waals surface area (Å²) in [5.41, 5.74) is 0. The summed E-state index contributed by atoms with van der Waals surface area (Å²) in [4.78, 5) is 11.1. The minimum Gasteiger partial charge on any atom is -0.356 e. The molecule has 0 heterocycles. The van der Waals surface area contributed by atoms with Crippen LogP contribution in [0.1, 0.15) is 32.6 Å². The molecule has 1 fully saturated rings. The molecule has 1 aliphatic carbocycles. The van der Waals surface area contributed by atoms with Gasteiger partial charge in [-0.25, -0.2) is 0 Å². The zero-order valence-corrected chi connectivity index (χ0v) is 8.23. The average molecular weight is 190 g/mol. The summed E-state index contributed by atoms with van der Waals surface area (Å²) in [6.45, 7) is 2.66. The van der Waals surface area contributed by atoms with E-state index in [9.17, 15) is 4.79 Å². The maximum Gasteiger partial charge on any atom is 0.220 e. The van der Waals surface area contributed by atoms with Crippen LogP contribution in [-0.4, -0.2) is 17.8 Å². The van der Waals surface area contributed by atoms with E-state index in [0.29, 0.717) is 5.92 Å². The van der Waals surface area contributed by atoms with Crippen molar-refractivity contribution in [1.29, 1.82) is 0 Å². The van der Waals surface area contributed by atoms with Crippen LogP contribution in [0, 0.1) is 5.92 Å². The summed E-state index contributed by atoms with van der Waals surface area (Å²) in [5, 5.41) is 3.02. The Morgan fingerprint density at radius 3 is 2.83 bits per heavy atom. The summed E-state index contributed by atoms with van der Waals surface area (Å²) >= 11 is 5.73. The van der Waals surface area contributed by atoms with Crippen molar-refractivity contribution < 1.29 is 4.79 Å². The second-order valence-electron chi connectivity index (χ2n) is 3.57. The van der Waals surface area contributed by atoms with Crippen LogP contribution in [0.15, 0.2) is 0 Å². The third kappa shape index (κ3) is 4.60. The van der Waals surface area contributed by atoms with E-state index in [4.69, 9.17) is 11.6 Å². The molecule has 0 aromatic carbocycles. The zero-order valence-electron chi connectivity index (χ0n) is 7.48. The smallest absolute Gasteiger partial charge is 0.220 e. The van der Waals surface area contributed by atoms with E-state index in [1.807, 2.05) is 6.92 Å². The maximum absolute atomic E-state index is 11.1. The highest BCUT2D eigenvalue weighted by atomic mass is 35.5. The normalized spacial score (nSPS) is 18.8. The molecule has 1 N–H and O–H groups in total. The first kappa shape index (κ1) is 9.85. The Labute approximate surface area is 78.7 Å². The summed E-state index contributed by atoms with van der Waals surface area (Å²) in [7, 11) is 0. The first-order valence-electron chi connectivity index (χ1n) is 4.59. The number of halogens is 1. The van der Waals surface area contributed by atoms with Gasteiger partial charge >= 0.3 is 0 Å². The third-order valence-corrected chi connectivity index (χ3v) is 2.25. The minimum atomic E-state index is 0.159. The summed E-state index contributed by atoms with van der Waals surface area (Å²) in [6, 6.07) is 0. The van der Waals surface area contributed by atoms with Crippen LogP contribution in [0.2, 0.25) is 0 Å². The standard InChI is InChI=1S/C9H16ClNO/c1-7(10)4-5-11-9(12)6-8-2-3-8/h7-8H,2-6H2,1H3,(H,11,12). The molecule has 2 nitrogen and oxygen atoms in total. The molecular formula is C9H16ClNO. The lowest BCUT2D eigenvalue weighted by molar-refractivity contribution is -0.121. The number of rotatable bonds is 5. The van der Waals surface area contributed by atoms with E-state index in [-0.39, 0.29) is 11.3 Å². The predicted molar refractivity (Wildman–Crippen MR) is 50.3 cm³/mol. The van der Waals surface area contributed by atoms with Gasteiger partial charge in [-0.15, -0.1) is 11.6 Å². The average Bonchev–Trinajstić information content (AvgIpc) is 2.70. The van der Waals surface area contributed by atoms with Gasteiger partial charge in [0, 0.05) is 18.3 Å². The molecule has 0 aliphatic heterocycles. The molecule has 0 aromatic heterocycles. The second-order valence-corrected chi connectivity index (χ2v) is 4.31. The van der Waals surface area contributed by atoms with Crippen LogP contribution in [0.4, 0.5) is 0 Å². The van der Waals surface area contributed by atoms with Gasteiger partial charge in [0.2, 0.25) is 5.91 Å². The van der Waals surface area contributed by atoms with Crippen LogP contribution >= 0.6 is 11.6 Å². The molecule has 1 aliphatic rings. The molecule has 3 heteroatoms. The Morgan fingerprint density at radius 1 is 1.67 bits per heavy atom. The second kappa shape index (κ2) is 4.70. The van der Waals surface area contributed by atoms with Gasteiger partial charge < -0.3 is 5.32 Å². The van der Waals surface area contributed by atoms with Crippen LogP contribution in [-0.2, 0) is 4.79 Å². The lowest BCUT2D eigenvalue weighted by Gasteiger charge is -2.04. The number of hydrogen-bond acceptors (Lipinski definition) is 1. The molecule has 0 radical (unpaired) electrons. The number of alkyl halides is 1. The molecule has 1 rings (SSSR count). The lowest BCUT2D eigenvalue weighted by atomic mass is 10.2. The molecule has 12 heavy (non-hydrogen) atoms. The Kier molecular flexibility index (Phi) is 3.86. The molecular weight excluding hydrogens is 174 g/mol. The van der Waals surface area contributed by atoms with E-state index < -0.39 is 0 Å². The molecule has 1 amide bonds. The fourth-order valence-electron chi connectivity index (χ4n) is 1.07. The zero-order chi connectivity index (χ0) is 8.97. The van der Waals surface area contributed by atoms with Crippen LogP contribution in [0.3, 0.4) is 0 Å². The van der Waals surface area contributed by atoms with Crippen molar-refractivity contribution in [2.75, 3.05) is 6.54 Å². The van der Waals surface area contributed by atoms with Crippen LogP contribution in [0.5, 0.6) is 0 Å². The van der Waals surface area contributed by atoms with Crippen molar-refractivity contribution in [1.82, 2.24) is 5.32 Å². The van der Waals surface area contributed by atoms with Crippen LogP contribution in [0.25, 0.3) is 0 Å². The fourth-order valence-corrected chi connectivity index (χ4v) is 1.18. The Hall–Kier alpha value is -0.240. The summed E-state index contributed by atoms with van der Waals surface area (Å²) < 4.78 is 0. The van der Waals surface area contributed by atoms with Gasteiger partial charge in [-0.2, -0.15) is 0 Å². The van der Waals surface area contributed by atoms with Gasteiger partial charge in [-0.3, -0.25) is 4.79 Å². The molecule has 0 spiro atoms. The van der Waals surface area contributed by atoms with Crippen LogP contribution < -0.4 is 5.32 Å². The van der Waals surface area contributed by atoms with Crippen molar-refractivity contribution in [2.45, 2.75) is 38.0 Å². The topological polar surface area (TPSA) is 29.1 Å². The van der Waals surface area contributed by atoms with E-state index in [1.54, 1.807) is 0 Å². The number of hydrogen-bond donors (Lipinski definition) is 1. The van der Waals surface area contributed by atoms with Gasteiger partial charge in [-0.05, 0) is 32.1 Å². The van der Waals surface area contributed by atoms with E-state index in [0.717, 1.165) is 19.4 Å². The van der Waals surface area contributed by atoms with Crippen molar-refractivity contribution >= 4 is 17.5 Å². The Bertz CT molecular complexity index is 155. The highest BCUT2D eigenvalue weighted by Crippen LogP contribution is 2.31. The first-order chi connectivity index (χ1) is 5.68. The molecule has 0 saturated heterocycles. The largest absolute Gasteiger partial charge is 0.356 e. The molecule has 0 aromatic rings. The summed E-state index contributed by atoms with van der Waals surface area (Å²) in [5.74, 6) is 0.869. The molecule has 1 atom stereocenters. The van der Waals surface area contributed by atoms with Crippen molar-refractivity contribution in [3.05, 3.63) is 0 Å². The van der Waals surface area contributed by atoms with Gasteiger partial charge in [0.25, 0.3) is 0 Å². The minimum absolute atomic E-state index is 0.159. The van der Waals surface area contributed by atoms with Gasteiger partial charge in [0.1, 0.15) is 0 Å². The molecule has 1 saturated carbocycles. The molecule has 1 unspecified atom stereocenters. The maximum atomic E-state index is 11.1. The number of nitrogens with one attached hydrogen (secondary N) is 1. The van der Waals surface area contributed by atoms with Gasteiger partial charge in [0.05, 0.1) is 0 Å². The third-order valence-electron chi connectivity index (χ3n) is 2.04. The SMILES string of the molecule is CC(Cl)CCNC(=O)CC1CC1. The monoisotopic (exact) mass is 189 g/mol. The highest BCUT2D eigenvalue weighted by Gasteiger charge is 2.23. The lowest BCUT2D eigenvalue weighted by Crippen LogP contribution is -2.25. The van der Waals surface area contributed by atoms with Gasteiger partial charge in [-0.1, -0.05) is 0 Å². The Balaban J connectivity index is 1.94. The van der Waals surface area contributed by atoms with Crippen molar-refractivity contribution in [3.8, 4) is 0 Å². The summed E-state index contributed by atoms with van der Waals surface area (Å²) in [6.07, 6.45) is 4.05. The van der Waals surface area contributed by atoms with E-state index in [1.165, 1.54) is 12.8 Å². The number of carbonyl (C=O) groups excluding carboxylic acids is 1. The predicted octanol–water partition coefficient (Wildman–Crippen LogP) is 1.92. The number of amides is 1. The quantitative estimate of drug-likeness (QED) is 0.658. The van der Waals surface area contributed by atoms with Crippen molar-refractivity contribution in [2.24, 2.45) is 5.92 Å². The van der Waals surface area contributed by atoms with Crippen molar-refractivity contribution in [3.63, 3.8) is 0 Å². The molecule has 0 bridgehead atoms. The van der Waals surface area contributed by atoms with E-state index >= 15 is 0 Å². The number of carbonyl (C=O) groups is 1. The van der Waals surface area contributed by atoms with E-state index in [2.05, 4.69) is 5.32 Å². The Morgan fingerprint density at radius 2 is 2.33 bits per heavy atom. The molecule has 70 valence electrons. The first-order valence-corrected chi connectivity index (χ1v) is 5.03.